The second kappa shape index (κ2) is 31.8. The Bertz CT molecular complexity index is 1030. The number of carbonyl (C=O) groups excluding carboxylic acids is 4. The summed E-state index contributed by atoms with van der Waals surface area (Å²) in [6, 6.07) is 0. The van der Waals surface area contributed by atoms with Gasteiger partial charge in [0, 0.05) is 0 Å². The maximum atomic E-state index is 12.9. The van der Waals surface area contributed by atoms with Gasteiger partial charge < -0.3 is 18.9 Å². The van der Waals surface area contributed by atoms with Crippen LogP contribution in [0.15, 0.2) is 0 Å². The van der Waals surface area contributed by atoms with Crippen LogP contribution >= 0.6 is 0 Å². The molecule has 326 valence electrons. The lowest BCUT2D eigenvalue weighted by Gasteiger charge is -2.35. The van der Waals surface area contributed by atoms with E-state index < -0.39 is 0 Å². The van der Waals surface area contributed by atoms with Crippen LogP contribution in [-0.2, 0) is 38.1 Å². The minimum absolute atomic E-state index is 0.177. The van der Waals surface area contributed by atoms with Crippen LogP contribution in [0.1, 0.15) is 214 Å². The van der Waals surface area contributed by atoms with Crippen molar-refractivity contribution >= 4 is 23.9 Å². The van der Waals surface area contributed by atoms with E-state index in [2.05, 4.69) is 6.92 Å². The van der Waals surface area contributed by atoms with Gasteiger partial charge in [0.05, 0.1) is 50.1 Å². The summed E-state index contributed by atoms with van der Waals surface area (Å²) < 4.78 is 21.6. The molecular formula is C48H86O8. The maximum absolute atomic E-state index is 12.9. The summed E-state index contributed by atoms with van der Waals surface area (Å²) in [4.78, 5) is 51.1. The van der Waals surface area contributed by atoms with Crippen molar-refractivity contribution in [3.63, 3.8) is 0 Å². The van der Waals surface area contributed by atoms with Crippen LogP contribution in [0.25, 0.3) is 0 Å². The lowest BCUT2D eigenvalue weighted by Crippen LogP contribution is -2.41. The van der Waals surface area contributed by atoms with Gasteiger partial charge in [-0.25, -0.2) is 0 Å². The van der Waals surface area contributed by atoms with E-state index in [1.54, 1.807) is 0 Å². The van der Waals surface area contributed by atoms with Crippen molar-refractivity contribution in [2.45, 2.75) is 214 Å². The molecule has 0 aromatic heterocycles. The van der Waals surface area contributed by atoms with Gasteiger partial charge in [-0.2, -0.15) is 0 Å². The molecule has 0 spiro atoms. The molecule has 3 saturated carbocycles. The molecule has 0 aromatic carbocycles. The molecule has 0 bridgehead atoms. The quantitative estimate of drug-likeness (QED) is 0.0460. The van der Waals surface area contributed by atoms with Gasteiger partial charge in [0.25, 0.3) is 0 Å². The van der Waals surface area contributed by atoms with E-state index in [0.717, 1.165) is 77.0 Å². The Hall–Kier alpha value is -2.12. The van der Waals surface area contributed by atoms with Crippen molar-refractivity contribution in [3.05, 3.63) is 0 Å². The third kappa shape index (κ3) is 19.6. The predicted molar refractivity (Wildman–Crippen MR) is 226 cm³/mol. The number of ether oxygens (including phenoxy) is 4. The molecule has 0 N–H and O–H groups in total. The van der Waals surface area contributed by atoms with E-state index in [-0.39, 0.29) is 59.4 Å². The molecule has 56 heavy (non-hydrogen) atoms. The highest BCUT2D eigenvalue weighted by Gasteiger charge is 2.46. The summed E-state index contributed by atoms with van der Waals surface area (Å²) in [6.45, 7) is 11.1. The van der Waals surface area contributed by atoms with Gasteiger partial charge in [-0.05, 0) is 84.0 Å². The molecule has 8 nitrogen and oxygen atoms in total. The van der Waals surface area contributed by atoms with Crippen LogP contribution in [0, 0.1) is 41.4 Å². The first-order valence-corrected chi connectivity index (χ1v) is 24.0. The normalized spacial score (nSPS) is 18.9. The number of rotatable bonds is 27. The molecule has 3 fully saturated rings. The second-order valence-corrected chi connectivity index (χ2v) is 17.1. The summed E-state index contributed by atoms with van der Waals surface area (Å²) in [7, 11) is 0. The van der Waals surface area contributed by atoms with Crippen LogP contribution in [0.4, 0.5) is 0 Å². The fourth-order valence-corrected chi connectivity index (χ4v) is 9.95. The Balaban J connectivity index is 0.000000411. The first-order valence-electron chi connectivity index (χ1n) is 24.0. The Morgan fingerprint density at radius 2 is 0.750 bits per heavy atom. The van der Waals surface area contributed by atoms with Gasteiger partial charge in [0.15, 0.2) is 0 Å². The molecule has 3 rings (SSSR count). The Kier molecular flexibility index (Phi) is 28.4. The number of hydrogen-bond acceptors (Lipinski definition) is 8. The van der Waals surface area contributed by atoms with Crippen molar-refractivity contribution in [1.82, 2.24) is 0 Å². The van der Waals surface area contributed by atoms with Crippen molar-refractivity contribution in [3.8, 4) is 0 Å². The van der Waals surface area contributed by atoms with E-state index in [1.165, 1.54) is 103 Å². The molecular weight excluding hydrogens is 705 g/mol. The lowest BCUT2D eigenvalue weighted by atomic mass is 9.69. The average molecular weight is 791 g/mol. The lowest BCUT2D eigenvalue weighted by molar-refractivity contribution is -0.166. The van der Waals surface area contributed by atoms with E-state index in [9.17, 15) is 19.2 Å². The Labute approximate surface area is 343 Å². The van der Waals surface area contributed by atoms with Crippen LogP contribution in [0.3, 0.4) is 0 Å². The summed E-state index contributed by atoms with van der Waals surface area (Å²) >= 11 is 0. The highest BCUT2D eigenvalue weighted by atomic mass is 16.5. The standard InChI is InChI=1S/C29H54O4.C19H32O4/c1-4-7-8-9-10-11-12-13-14-15-16-20-23-26(28(30)32-5-2)27(29(31)33-6-3)24-25-21-18-17-19-22-25;1-3-22-18(20)16(14-10-6-5-7-11-14)17(19(21)23-4-2)15-12-8-9-13-15/h25-27H,4-24H2,1-3H3;14-17H,3-13H2,1-2H3. The fourth-order valence-electron chi connectivity index (χ4n) is 9.95. The number of hydrogen-bond donors (Lipinski definition) is 0. The van der Waals surface area contributed by atoms with Gasteiger partial charge in [-0.15, -0.1) is 0 Å². The van der Waals surface area contributed by atoms with Crippen molar-refractivity contribution < 1.29 is 38.1 Å². The van der Waals surface area contributed by atoms with Crippen LogP contribution in [-0.4, -0.2) is 50.3 Å². The second-order valence-electron chi connectivity index (χ2n) is 17.1. The molecule has 0 aliphatic heterocycles. The summed E-state index contributed by atoms with van der Waals surface area (Å²) in [5, 5.41) is 0. The topological polar surface area (TPSA) is 105 Å². The summed E-state index contributed by atoms with van der Waals surface area (Å²) in [5.74, 6) is -0.969. The van der Waals surface area contributed by atoms with E-state index in [1.807, 2.05) is 27.7 Å². The predicted octanol–water partition coefficient (Wildman–Crippen LogP) is 12.5. The molecule has 0 aromatic rings. The molecule has 0 amide bonds. The highest BCUT2D eigenvalue weighted by Crippen LogP contribution is 2.43. The molecule has 0 saturated heterocycles. The summed E-state index contributed by atoms with van der Waals surface area (Å²) in [5.41, 5.74) is 0. The van der Waals surface area contributed by atoms with Crippen molar-refractivity contribution in [2.75, 3.05) is 26.4 Å². The number of carbonyl (C=O) groups is 4. The minimum atomic E-state index is -0.353. The SMILES string of the molecule is CCCCCCCCCCCCCCC(C(=O)OCC)C(CC1CCCCC1)C(=O)OCC.CCOC(=O)C(C1CCCCC1)C(C(=O)OCC)C1CCCC1. The number of esters is 4. The first kappa shape index (κ1) is 50.0. The minimum Gasteiger partial charge on any atom is -0.466 e. The molecule has 4 atom stereocenters. The largest absolute Gasteiger partial charge is 0.466 e. The molecule has 3 aliphatic carbocycles. The molecule has 8 heteroatoms. The molecule has 4 unspecified atom stereocenters. The maximum Gasteiger partial charge on any atom is 0.310 e. The molecule has 0 heterocycles. The third-order valence-corrected chi connectivity index (χ3v) is 12.9. The van der Waals surface area contributed by atoms with Crippen LogP contribution in [0.2, 0.25) is 0 Å². The van der Waals surface area contributed by atoms with Gasteiger partial charge in [0.1, 0.15) is 0 Å². The zero-order valence-corrected chi connectivity index (χ0v) is 36.9. The fraction of sp³-hybridized carbons (Fsp3) is 0.917. The van der Waals surface area contributed by atoms with E-state index >= 15 is 0 Å². The average Bonchev–Trinajstić information content (AvgIpc) is 3.74. The van der Waals surface area contributed by atoms with E-state index in [4.69, 9.17) is 18.9 Å². The van der Waals surface area contributed by atoms with Gasteiger partial charge in [-0.3, -0.25) is 19.2 Å². The Morgan fingerprint density at radius 3 is 1.16 bits per heavy atom. The van der Waals surface area contributed by atoms with Crippen LogP contribution in [0.5, 0.6) is 0 Å². The molecule has 0 radical (unpaired) electrons. The number of unbranched alkanes of at least 4 members (excludes halogenated alkanes) is 11. The van der Waals surface area contributed by atoms with Gasteiger partial charge >= 0.3 is 23.9 Å². The zero-order chi connectivity index (χ0) is 40.8. The monoisotopic (exact) mass is 791 g/mol. The molecule has 3 aliphatic rings. The third-order valence-electron chi connectivity index (χ3n) is 12.9. The van der Waals surface area contributed by atoms with E-state index in [0.29, 0.717) is 32.3 Å². The first-order chi connectivity index (χ1) is 27.3. The Morgan fingerprint density at radius 1 is 0.411 bits per heavy atom. The van der Waals surface area contributed by atoms with Crippen molar-refractivity contribution in [1.29, 1.82) is 0 Å². The van der Waals surface area contributed by atoms with Crippen molar-refractivity contribution in [2.24, 2.45) is 41.4 Å². The van der Waals surface area contributed by atoms with Gasteiger partial charge in [-0.1, -0.05) is 148 Å². The van der Waals surface area contributed by atoms with Crippen LogP contribution < -0.4 is 0 Å². The zero-order valence-electron chi connectivity index (χ0n) is 36.9. The smallest absolute Gasteiger partial charge is 0.310 e. The summed E-state index contributed by atoms with van der Waals surface area (Å²) in [6.07, 6.45) is 33.2. The highest BCUT2D eigenvalue weighted by molar-refractivity contribution is 5.83. The van der Waals surface area contributed by atoms with Gasteiger partial charge in [0.2, 0.25) is 0 Å².